The van der Waals surface area contributed by atoms with Gasteiger partial charge in [0.1, 0.15) is 19.8 Å². The Hall–Kier alpha value is -5.15. The van der Waals surface area contributed by atoms with Crippen LogP contribution in [-0.4, -0.2) is 70.0 Å². The fourth-order valence-corrected chi connectivity index (χ4v) is 9.53. The molecule has 2 atom stereocenters. The SMILES string of the molecule is CC/C=C\C/C=C\C/C=C\C/C=C\C/C=C\C/C=C\C/C=C\C/C=C\C/C=C\C/C=C\CCCCC(=O)OC(COC(=O)CCCCCCCCCCCCCCCC/C=C\C/C=C\C/C=C\C/C=C\C/C=C\C/C=C\CC)COP(=O)([O-])OCC[N+](C)(C)C. The highest BCUT2D eigenvalue weighted by atomic mass is 31.2. The zero-order valence-electron chi connectivity index (χ0n) is 57.5. The van der Waals surface area contributed by atoms with Crippen molar-refractivity contribution in [2.24, 2.45) is 0 Å². The van der Waals surface area contributed by atoms with Crippen molar-refractivity contribution in [3.63, 3.8) is 0 Å². The minimum absolute atomic E-state index is 0.0499. The monoisotopic (exact) mass is 1260 g/mol. The smallest absolute Gasteiger partial charge is 0.306 e. The largest absolute Gasteiger partial charge is 0.756 e. The van der Waals surface area contributed by atoms with Crippen molar-refractivity contribution in [1.29, 1.82) is 0 Å². The van der Waals surface area contributed by atoms with E-state index < -0.39 is 32.5 Å². The van der Waals surface area contributed by atoms with Gasteiger partial charge in [0.25, 0.3) is 7.82 Å². The Morgan fingerprint density at radius 2 is 0.600 bits per heavy atom. The second-order valence-electron chi connectivity index (χ2n) is 23.8. The number of phosphoric acid groups is 1. The van der Waals surface area contributed by atoms with Crippen LogP contribution in [0.15, 0.2) is 194 Å². The van der Waals surface area contributed by atoms with E-state index >= 15 is 0 Å². The van der Waals surface area contributed by atoms with E-state index in [9.17, 15) is 19.0 Å². The summed E-state index contributed by atoms with van der Waals surface area (Å²) in [5, 5.41) is 0. The Morgan fingerprint density at radius 3 is 0.911 bits per heavy atom. The number of unbranched alkanes of at least 4 members (excludes halogenated alkanes) is 16. The maximum Gasteiger partial charge on any atom is 0.306 e. The van der Waals surface area contributed by atoms with Gasteiger partial charge in [0.2, 0.25) is 0 Å². The maximum atomic E-state index is 12.8. The minimum Gasteiger partial charge on any atom is -0.756 e. The Kier molecular flexibility index (Phi) is 64.3. The molecule has 0 saturated carbocycles. The van der Waals surface area contributed by atoms with Crippen molar-refractivity contribution < 1.29 is 42.1 Å². The van der Waals surface area contributed by atoms with E-state index in [2.05, 4.69) is 208 Å². The number of allylic oxidation sites excluding steroid dienone is 32. The number of carbonyl (C=O) groups is 2. The molecule has 0 rings (SSSR count). The number of rotatable bonds is 62. The van der Waals surface area contributed by atoms with Crippen molar-refractivity contribution in [1.82, 2.24) is 0 Å². The number of phosphoric ester groups is 1. The molecule has 9 nitrogen and oxygen atoms in total. The second-order valence-corrected chi connectivity index (χ2v) is 25.2. The lowest BCUT2D eigenvalue weighted by atomic mass is 10.0. The molecule has 0 fully saturated rings. The number of nitrogens with zero attached hydrogens (tertiary/aromatic N) is 1. The standard InChI is InChI=1S/C80H128NO8P/c1-6-8-10-12-14-16-18-20-22-24-26-28-30-32-34-36-38-40-42-44-46-48-50-52-54-56-58-60-62-64-66-68-70-72-79(82)86-76-78(77-88-90(84,85)87-75-74-81(3,4)5)89-80(83)73-71-69-67-65-63-61-59-57-55-53-51-49-47-45-43-41-39-37-35-33-31-29-27-25-23-21-19-17-15-13-11-9-7-2/h8-11,14-17,20-23,26-29,32-35,38-41,45,47,51,53,57,59,63,65,78H,6-7,12-13,18-19,24-25,30-31,36-37,42-44,46,48-50,52,54-56,58,60-62,64,66-77H2,1-5H3/b10-8-,11-9-,16-14-,17-15-,22-20-,23-21-,28-26-,29-27-,34-32-,35-33-,40-38-,41-39-,47-45-,53-51-,59-57-,65-63-. The zero-order valence-corrected chi connectivity index (χ0v) is 58.4. The first-order valence-corrected chi connectivity index (χ1v) is 36.6. The van der Waals surface area contributed by atoms with Gasteiger partial charge in [-0.15, -0.1) is 0 Å². The third-order valence-corrected chi connectivity index (χ3v) is 15.1. The fourth-order valence-electron chi connectivity index (χ4n) is 8.80. The highest BCUT2D eigenvalue weighted by molar-refractivity contribution is 7.45. The molecule has 90 heavy (non-hydrogen) atoms. The molecule has 0 N–H and O–H groups in total. The topological polar surface area (TPSA) is 111 Å². The van der Waals surface area contributed by atoms with Gasteiger partial charge in [-0.3, -0.25) is 14.2 Å². The van der Waals surface area contributed by atoms with Crippen molar-refractivity contribution in [2.45, 2.75) is 251 Å². The van der Waals surface area contributed by atoms with E-state index in [1.54, 1.807) is 0 Å². The van der Waals surface area contributed by atoms with Gasteiger partial charge in [0.05, 0.1) is 27.7 Å². The summed E-state index contributed by atoms with van der Waals surface area (Å²) in [5.41, 5.74) is 0. The van der Waals surface area contributed by atoms with E-state index in [-0.39, 0.29) is 26.1 Å². The summed E-state index contributed by atoms with van der Waals surface area (Å²) in [4.78, 5) is 38.1. The number of hydrogen-bond acceptors (Lipinski definition) is 8. The number of hydrogen-bond donors (Lipinski definition) is 0. The van der Waals surface area contributed by atoms with Crippen LogP contribution in [0.3, 0.4) is 0 Å². The lowest BCUT2D eigenvalue weighted by molar-refractivity contribution is -0.870. The van der Waals surface area contributed by atoms with Crippen LogP contribution in [0.2, 0.25) is 0 Å². The van der Waals surface area contributed by atoms with Crippen LogP contribution >= 0.6 is 7.82 Å². The van der Waals surface area contributed by atoms with Crippen LogP contribution in [0.1, 0.15) is 245 Å². The molecule has 0 radical (unpaired) electrons. The molecule has 0 heterocycles. The summed E-state index contributed by atoms with van der Waals surface area (Å²) < 4.78 is 34.2. The third kappa shape index (κ3) is 71.9. The number of ether oxygens (including phenoxy) is 2. The highest BCUT2D eigenvalue weighted by Crippen LogP contribution is 2.38. The van der Waals surface area contributed by atoms with Crippen LogP contribution < -0.4 is 4.89 Å². The van der Waals surface area contributed by atoms with E-state index in [0.717, 1.165) is 135 Å². The molecular formula is C80H128NO8P. The van der Waals surface area contributed by atoms with Gasteiger partial charge in [-0.05, 0) is 141 Å². The number of quaternary nitrogens is 1. The van der Waals surface area contributed by atoms with Crippen molar-refractivity contribution in [2.75, 3.05) is 47.5 Å². The number of carbonyl (C=O) groups excluding carboxylic acids is 2. The van der Waals surface area contributed by atoms with Gasteiger partial charge >= 0.3 is 11.9 Å². The minimum atomic E-state index is -4.67. The van der Waals surface area contributed by atoms with Crippen LogP contribution in [0, 0.1) is 0 Å². The first kappa shape index (κ1) is 84.8. The lowest BCUT2D eigenvalue weighted by Gasteiger charge is -2.28. The molecule has 0 aliphatic rings. The van der Waals surface area contributed by atoms with Crippen molar-refractivity contribution in [3.8, 4) is 0 Å². The predicted octanol–water partition coefficient (Wildman–Crippen LogP) is 22.6. The lowest BCUT2D eigenvalue weighted by Crippen LogP contribution is -2.37. The van der Waals surface area contributed by atoms with E-state index in [0.29, 0.717) is 23.9 Å². The summed E-state index contributed by atoms with van der Waals surface area (Å²) in [6.07, 6.45) is 107. The molecule has 0 aromatic heterocycles. The summed E-state index contributed by atoms with van der Waals surface area (Å²) in [7, 11) is 1.11. The van der Waals surface area contributed by atoms with E-state index in [1.165, 1.54) is 70.6 Å². The Labute approximate surface area is 552 Å². The molecule has 10 heteroatoms. The Morgan fingerprint density at radius 1 is 0.344 bits per heavy atom. The van der Waals surface area contributed by atoms with Gasteiger partial charge in [-0.25, -0.2) is 0 Å². The average Bonchev–Trinajstić information content (AvgIpc) is 3.58. The van der Waals surface area contributed by atoms with Crippen LogP contribution in [-0.2, 0) is 32.7 Å². The van der Waals surface area contributed by atoms with Gasteiger partial charge in [0.15, 0.2) is 6.10 Å². The van der Waals surface area contributed by atoms with Gasteiger partial charge in [-0.1, -0.05) is 285 Å². The average molecular weight is 1260 g/mol. The van der Waals surface area contributed by atoms with Gasteiger partial charge in [0, 0.05) is 12.8 Å². The van der Waals surface area contributed by atoms with E-state index in [4.69, 9.17) is 18.5 Å². The van der Waals surface area contributed by atoms with Gasteiger partial charge in [-0.2, -0.15) is 0 Å². The fraction of sp³-hybridized carbons (Fsp3) is 0.575. The van der Waals surface area contributed by atoms with Crippen LogP contribution in [0.25, 0.3) is 0 Å². The second kappa shape index (κ2) is 68.2. The molecule has 0 aromatic rings. The van der Waals surface area contributed by atoms with Crippen LogP contribution in [0.5, 0.6) is 0 Å². The molecule has 0 aliphatic carbocycles. The predicted molar refractivity (Wildman–Crippen MR) is 387 cm³/mol. The Balaban J connectivity index is 4.20. The summed E-state index contributed by atoms with van der Waals surface area (Å²) >= 11 is 0. The first-order chi connectivity index (χ1) is 44.0. The summed E-state index contributed by atoms with van der Waals surface area (Å²) in [6.45, 7) is 3.94. The molecule has 506 valence electrons. The quantitative estimate of drug-likeness (QED) is 0.0195. The number of esters is 2. The van der Waals surface area contributed by atoms with Crippen molar-refractivity contribution >= 4 is 19.8 Å². The first-order valence-electron chi connectivity index (χ1n) is 35.1. The highest BCUT2D eigenvalue weighted by Gasteiger charge is 2.22. The molecule has 0 bridgehead atoms. The molecule has 0 aliphatic heterocycles. The molecule has 0 saturated heterocycles. The molecular weight excluding hydrogens is 1130 g/mol. The summed E-state index contributed by atoms with van der Waals surface area (Å²) in [5.74, 6) is -0.897. The van der Waals surface area contributed by atoms with E-state index in [1.807, 2.05) is 21.1 Å². The zero-order chi connectivity index (χ0) is 65.5. The van der Waals surface area contributed by atoms with Crippen molar-refractivity contribution in [3.05, 3.63) is 194 Å². The molecule has 0 spiro atoms. The molecule has 0 aromatic carbocycles. The normalized spacial score (nSPS) is 14.3. The summed E-state index contributed by atoms with van der Waals surface area (Å²) in [6, 6.07) is 0. The third-order valence-electron chi connectivity index (χ3n) is 14.1. The maximum absolute atomic E-state index is 12.8. The Bertz CT molecular complexity index is 2220. The van der Waals surface area contributed by atoms with Crippen LogP contribution in [0.4, 0.5) is 0 Å². The molecule has 0 amide bonds. The number of likely N-dealkylation sites (N-methyl/N-ethyl adjacent to an activating group) is 1. The molecule has 2 unspecified atom stereocenters. The van der Waals surface area contributed by atoms with Gasteiger partial charge < -0.3 is 27.9 Å².